The lowest BCUT2D eigenvalue weighted by Crippen LogP contribution is -3.14. The number of ether oxygens (including phenoxy) is 1. The quantitative estimate of drug-likeness (QED) is 0.562. The number of hydrogen-bond donors (Lipinski definition) is 1. The van der Waals surface area contributed by atoms with Gasteiger partial charge in [0.05, 0.1) is 17.7 Å². The second-order valence-electron chi connectivity index (χ2n) is 6.44. The summed E-state index contributed by atoms with van der Waals surface area (Å²) < 4.78 is 5.62. The standard InChI is InChI=1S/C13H29NO2/c1-12(2,3)14(15)10-8-7-9-11-16-13(4,5)6/h14H,7-11H2,1-6H3. The van der Waals surface area contributed by atoms with Gasteiger partial charge in [-0.1, -0.05) is 0 Å². The van der Waals surface area contributed by atoms with Gasteiger partial charge in [0.15, 0.2) is 0 Å². The molecule has 0 aromatic carbocycles. The molecule has 0 bridgehead atoms. The summed E-state index contributed by atoms with van der Waals surface area (Å²) in [7, 11) is 0. The lowest BCUT2D eigenvalue weighted by atomic mass is 10.1. The molecule has 0 aromatic heterocycles. The molecule has 1 N–H and O–H groups in total. The molecule has 0 aliphatic carbocycles. The third kappa shape index (κ3) is 9.13. The topological polar surface area (TPSA) is 36.7 Å². The van der Waals surface area contributed by atoms with Gasteiger partial charge in [-0.3, -0.25) is 0 Å². The van der Waals surface area contributed by atoms with Gasteiger partial charge in [-0.25, -0.2) is 0 Å². The van der Waals surface area contributed by atoms with Crippen LogP contribution in [0.1, 0.15) is 60.8 Å². The second-order valence-corrected chi connectivity index (χ2v) is 6.44. The lowest BCUT2D eigenvalue weighted by molar-refractivity contribution is -0.898. The molecule has 1 unspecified atom stereocenters. The highest BCUT2D eigenvalue weighted by atomic mass is 16.5. The smallest absolute Gasteiger partial charge is 0.0888 e. The minimum absolute atomic E-state index is 0.0404. The fourth-order valence-electron chi connectivity index (χ4n) is 1.32. The Morgan fingerprint density at radius 3 is 1.94 bits per heavy atom. The Bertz CT molecular complexity index is 179. The molecule has 0 fully saturated rings. The first-order valence-corrected chi connectivity index (χ1v) is 6.30. The van der Waals surface area contributed by atoms with E-state index < -0.39 is 0 Å². The number of rotatable bonds is 6. The molecule has 0 radical (unpaired) electrons. The van der Waals surface area contributed by atoms with Crippen LogP contribution in [0.2, 0.25) is 0 Å². The van der Waals surface area contributed by atoms with Crippen LogP contribution in [-0.4, -0.2) is 24.3 Å². The highest BCUT2D eigenvalue weighted by molar-refractivity contribution is 4.59. The molecule has 0 aliphatic rings. The van der Waals surface area contributed by atoms with Gasteiger partial charge in [0, 0.05) is 6.61 Å². The van der Waals surface area contributed by atoms with Crippen molar-refractivity contribution in [3.63, 3.8) is 0 Å². The zero-order valence-corrected chi connectivity index (χ0v) is 11.9. The van der Waals surface area contributed by atoms with E-state index in [9.17, 15) is 5.21 Å². The molecule has 0 amide bonds. The van der Waals surface area contributed by atoms with E-state index in [4.69, 9.17) is 4.74 Å². The van der Waals surface area contributed by atoms with Gasteiger partial charge in [-0.05, 0) is 60.8 Å². The SMILES string of the molecule is CC(C)(C)OCCCCC[NH+]([O-])C(C)(C)C. The number of hydrogen-bond acceptors (Lipinski definition) is 2. The van der Waals surface area contributed by atoms with Gasteiger partial charge >= 0.3 is 0 Å². The van der Waals surface area contributed by atoms with Crippen molar-refractivity contribution in [1.29, 1.82) is 0 Å². The summed E-state index contributed by atoms with van der Waals surface area (Å²) in [6, 6.07) is 0. The molecule has 0 saturated heterocycles. The molecule has 0 aromatic rings. The normalized spacial score (nSPS) is 15.2. The van der Waals surface area contributed by atoms with E-state index in [1.165, 1.54) is 0 Å². The van der Waals surface area contributed by atoms with Crippen LogP contribution in [0.15, 0.2) is 0 Å². The Hall–Kier alpha value is -0.120. The summed E-state index contributed by atoms with van der Waals surface area (Å²) in [4.78, 5) is 0. The molecule has 3 heteroatoms. The van der Waals surface area contributed by atoms with E-state index in [1.54, 1.807) is 0 Å². The van der Waals surface area contributed by atoms with Crippen molar-refractivity contribution in [2.24, 2.45) is 0 Å². The molecule has 0 rings (SSSR count). The van der Waals surface area contributed by atoms with Crippen LogP contribution in [0.5, 0.6) is 0 Å². The Morgan fingerprint density at radius 1 is 0.938 bits per heavy atom. The fourth-order valence-corrected chi connectivity index (χ4v) is 1.32. The van der Waals surface area contributed by atoms with Crippen LogP contribution in [-0.2, 0) is 4.74 Å². The average Bonchev–Trinajstić information content (AvgIpc) is 2.07. The van der Waals surface area contributed by atoms with Crippen LogP contribution in [0.3, 0.4) is 0 Å². The Kier molecular flexibility index (Phi) is 6.53. The van der Waals surface area contributed by atoms with E-state index in [-0.39, 0.29) is 11.1 Å². The molecule has 98 valence electrons. The summed E-state index contributed by atoms with van der Waals surface area (Å²) in [5, 5.41) is 12.0. The maximum atomic E-state index is 11.6. The van der Waals surface area contributed by atoms with Crippen LogP contribution in [0.4, 0.5) is 0 Å². The Balaban J connectivity index is 3.41. The van der Waals surface area contributed by atoms with Crippen molar-refractivity contribution in [2.75, 3.05) is 13.2 Å². The van der Waals surface area contributed by atoms with Crippen molar-refractivity contribution >= 4 is 0 Å². The van der Waals surface area contributed by atoms with Gasteiger partial charge < -0.3 is 15.0 Å². The van der Waals surface area contributed by atoms with E-state index >= 15 is 0 Å². The summed E-state index contributed by atoms with van der Waals surface area (Å²) in [6.45, 7) is 13.7. The largest absolute Gasteiger partial charge is 0.634 e. The van der Waals surface area contributed by atoms with Crippen LogP contribution >= 0.6 is 0 Å². The Morgan fingerprint density at radius 2 is 1.50 bits per heavy atom. The summed E-state index contributed by atoms with van der Waals surface area (Å²) in [5.74, 6) is 0. The highest BCUT2D eigenvalue weighted by Gasteiger charge is 2.17. The third-order valence-corrected chi connectivity index (χ3v) is 2.42. The molecule has 0 aliphatic heterocycles. The van der Waals surface area contributed by atoms with E-state index in [1.807, 2.05) is 20.8 Å². The highest BCUT2D eigenvalue weighted by Crippen LogP contribution is 2.08. The molecule has 0 saturated carbocycles. The molecule has 0 heterocycles. The average molecular weight is 231 g/mol. The maximum Gasteiger partial charge on any atom is 0.0888 e. The van der Waals surface area contributed by atoms with Gasteiger partial charge in [-0.2, -0.15) is 0 Å². The van der Waals surface area contributed by atoms with Gasteiger partial charge in [0.1, 0.15) is 0 Å². The molecule has 0 spiro atoms. The lowest BCUT2D eigenvalue weighted by Gasteiger charge is -2.35. The van der Waals surface area contributed by atoms with E-state index in [0.717, 1.165) is 25.9 Å². The monoisotopic (exact) mass is 231 g/mol. The van der Waals surface area contributed by atoms with Crippen molar-refractivity contribution in [3.05, 3.63) is 5.21 Å². The number of unbranched alkanes of at least 4 members (excludes halogenated alkanes) is 2. The molecular formula is C13H29NO2. The Labute approximate surface area is 101 Å². The van der Waals surface area contributed by atoms with Gasteiger partial charge in [0.2, 0.25) is 0 Å². The summed E-state index contributed by atoms with van der Waals surface area (Å²) >= 11 is 0. The van der Waals surface area contributed by atoms with Gasteiger partial charge in [-0.15, -0.1) is 0 Å². The minimum Gasteiger partial charge on any atom is -0.634 e. The molecule has 3 nitrogen and oxygen atoms in total. The zero-order chi connectivity index (χ0) is 12.8. The van der Waals surface area contributed by atoms with Crippen molar-refractivity contribution in [1.82, 2.24) is 0 Å². The number of quaternary nitrogens is 1. The van der Waals surface area contributed by atoms with Crippen LogP contribution < -0.4 is 5.06 Å². The van der Waals surface area contributed by atoms with Crippen molar-refractivity contribution in [3.8, 4) is 0 Å². The minimum atomic E-state index is -0.179. The fraction of sp³-hybridized carbons (Fsp3) is 1.00. The number of hydroxylamine groups is 2. The maximum absolute atomic E-state index is 11.6. The predicted molar refractivity (Wildman–Crippen MR) is 68.5 cm³/mol. The van der Waals surface area contributed by atoms with E-state index in [2.05, 4.69) is 20.8 Å². The predicted octanol–water partition coefficient (Wildman–Crippen LogP) is 2.15. The zero-order valence-electron chi connectivity index (χ0n) is 11.9. The second kappa shape index (κ2) is 6.58. The summed E-state index contributed by atoms with van der Waals surface area (Å²) in [6.07, 6.45) is 3.12. The van der Waals surface area contributed by atoms with E-state index in [0.29, 0.717) is 11.6 Å². The van der Waals surface area contributed by atoms with Crippen LogP contribution in [0, 0.1) is 5.21 Å². The number of nitrogens with one attached hydrogen (secondary N) is 1. The van der Waals surface area contributed by atoms with Crippen molar-refractivity contribution in [2.45, 2.75) is 71.9 Å². The first-order chi connectivity index (χ1) is 7.13. The van der Waals surface area contributed by atoms with Crippen molar-refractivity contribution < 1.29 is 9.80 Å². The molecule has 1 atom stereocenters. The molecular weight excluding hydrogens is 202 g/mol. The first-order valence-electron chi connectivity index (χ1n) is 6.30. The third-order valence-electron chi connectivity index (χ3n) is 2.42. The first kappa shape index (κ1) is 15.9. The summed E-state index contributed by atoms with van der Waals surface area (Å²) in [5.41, 5.74) is -0.219. The van der Waals surface area contributed by atoms with Crippen LogP contribution in [0.25, 0.3) is 0 Å². The van der Waals surface area contributed by atoms with Gasteiger partial charge in [0.25, 0.3) is 0 Å². The molecule has 16 heavy (non-hydrogen) atoms.